The molecule has 6 nitrogen and oxygen atoms in total. The van der Waals surface area contributed by atoms with E-state index < -0.39 is 5.97 Å². The first-order valence-electron chi connectivity index (χ1n) is 9.28. The lowest BCUT2D eigenvalue weighted by Gasteiger charge is -2.05. The van der Waals surface area contributed by atoms with Gasteiger partial charge in [-0.3, -0.25) is 4.79 Å². The van der Waals surface area contributed by atoms with Crippen LogP contribution >= 0.6 is 11.3 Å². The molecule has 30 heavy (non-hydrogen) atoms. The lowest BCUT2D eigenvalue weighted by atomic mass is 10.1. The Kier molecular flexibility index (Phi) is 4.57. The van der Waals surface area contributed by atoms with Gasteiger partial charge in [0.05, 0.1) is 10.9 Å². The molecule has 0 saturated carbocycles. The van der Waals surface area contributed by atoms with Crippen LogP contribution < -0.4 is 5.56 Å². The Hall–Kier alpha value is -3.84. The zero-order valence-corrected chi connectivity index (χ0v) is 16.5. The number of ether oxygens (including phenoxy) is 1. The highest BCUT2D eigenvalue weighted by Crippen LogP contribution is 2.30. The predicted octanol–water partition coefficient (Wildman–Crippen LogP) is 4.56. The second-order valence-electron chi connectivity index (χ2n) is 6.67. The third-order valence-electron chi connectivity index (χ3n) is 4.73. The monoisotopic (exact) mass is 413 g/mol. The van der Waals surface area contributed by atoms with E-state index in [0.29, 0.717) is 21.6 Å². The van der Waals surface area contributed by atoms with E-state index in [-0.39, 0.29) is 17.9 Å². The van der Waals surface area contributed by atoms with E-state index in [9.17, 15) is 9.59 Å². The van der Waals surface area contributed by atoms with Crippen molar-refractivity contribution in [2.24, 2.45) is 0 Å². The second-order valence-corrected chi connectivity index (χ2v) is 7.53. The van der Waals surface area contributed by atoms with Gasteiger partial charge >= 0.3 is 5.97 Å². The van der Waals surface area contributed by atoms with Crippen LogP contribution in [0.4, 0.5) is 0 Å². The number of rotatable bonds is 4. The molecule has 0 aliphatic heterocycles. The number of aromatic amines is 1. The Balaban J connectivity index is 1.39. The van der Waals surface area contributed by atoms with E-state index in [1.54, 1.807) is 6.07 Å². The summed E-state index contributed by atoms with van der Waals surface area (Å²) in [5.41, 5.74) is 2.47. The molecular formula is C23H15N3O3S. The molecule has 0 aliphatic carbocycles. The molecule has 3 aromatic heterocycles. The van der Waals surface area contributed by atoms with Crippen molar-refractivity contribution in [3.8, 4) is 11.1 Å². The van der Waals surface area contributed by atoms with Gasteiger partial charge in [0.25, 0.3) is 5.56 Å². The Morgan fingerprint density at radius 1 is 0.967 bits per heavy atom. The largest absolute Gasteiger partial charge is 0.453 e. The van der Waals surface area contributed by atoms with Crippen molar-refractivity contribution in [3.05, 3.63) is 94.0 Å². The average molecular weight is 413 g/mol. The number of fused-ring (bicyclic) bond motifs is 2. The summed E-state index contributed by atoms with van der Waals surface area (Å²) in [6.07, 6.45) is 0. The number of para-hydroxylation sites is 1. The molecule has 0 radical (unpaired) electrons. The summed E-state index contributed by atoms with van der Waals surface area (Å²) < 4.78 is 5.33. The van der Waals surface area contributed by atoms with Crippen LogP contribution in [0.2, 0.25) is 0 Å². The summed E-state index contributed by atoms with van der Waals surface area (Å²) in [6, 6.07) is 20.7. The van der Waals surface area contributed by atoms with Gasteiger partial charge in [-0.1, -0.05) is 54.6 Å². The third-order valence-corrected chi connectivity index (χ3v) is 5.60. The molecule has 2 aromatic carbocycles. The Morgan fingerprint density at radius 2 is 1.77 bits per heavy atom. The Bertz CT molecular complexity index is 1440. The van der Waals surface area contributed by atoms with Crippen molar-refractivity contribution in [2.75, 3.05) is 0 Å². The maximum absolute atomic E-state index is 12.7. The number of nitrogens with zero attached hydrogens (tertiary/aromatic N) is 2. The number of pyridine rings is 1. The average Bonchev–Trinajstić information content (AvgIpc) is 3.22. The molecule has 0 aliphatic rings. The minimum Gasteiger partial charge on any atom is -0.453 e. The molecule has 0 fully saturated rings. The van der Waals surface area contributed by atoms with E-state index in [1.165, 1.54) is 11.3 Å². The lowest BCUT2D eigenvalue weighted by Crippen LogP contribution is -2.14. The summed E-state index contributed by atoms with van der Waals surface area (Å²) in [5.74, 6) is -0.275. The standard InChI is InChI=1S/C23H15N3O3S/c27-21-20-16(14-6-2-1-3-7-14)13-30-22(20)26-19(25-21)12-29-23(28)18-11-10-15-8-4-5-9-17(15)24-18/h1-11,13H,12H2,(H,25,26,27). The Morgan fingerprint density at radius 3 is 2.63 bits per heavy atom. The normalized spacial score (nSPS) is 11.1. The number of carbonyl (C=O) groups is 1. The van der Waals surface area contributed by atoms with Gasteiger partial charge in [0.1, 0.15) is 23.0 Å². The van der Waals surface area contributed by atoms with Gasteiger partial charge in [-0.2, -0.15) is 0 Å². The van der Waals surface area contributed by atoms with E-state index in [1.807, 2.05) is 66.0 Å². The fraction of sp³-hybridized carbons (Fsp3) is 0.0435. The van der Waals surface area contributed by atoms with Crippen LogP contribution in [0.15, 0.2) is 76.9 Å². The van der Waals surface area contributed by atoms with Crippen LogP contribution in [0.25, 0.3) is 32.2 Å². The topological polar surface area (TPSA) is 84.9 Å². The first-order chi connectivity index (χ1) is 14.7. The van der Waals surface area contributed by atoms with Crippen molar-refractivity contribution in [3.63, 3.8) is 0 Å². The molecule has 0 bridgehead atoms. The van der Waals surface area contributed by atoms with Gasteiger partial charge in [0.2, 0.25) is 0 Å². The summed E-state index contributed by atoms with van der Waals surface area (Å²) in [5, 5.41) is 3.40. The van der Waals surface area contributed by atoms with Crippen LogP contribution in [0, 0.1) is 0 Å². The smallest absolute Gasteiger partial charge is 0.357 e. The van der Waals surface area contributed by atoms with Gasteiger partial charge in [-0.05, 0) is 17.7 Å². The summed E-state index contributed by atoms with van der Waals surface area (Å²) in [4.78, 5) is 37.2. The minimum atomic E-state index is -0.570. The van der Waals surface area contributed by atoms with Crippen molar-refractivity contribution < 1.29 is 9.53 Å². The fourth-order valence-electron chi connectivity index (χ4n) is 3.28. The number of aromatic nitrogens is 3. The highest BCUT2D eigenvalue weighted by Gasteiger charge is 2.15. The number of benzene rings is 2. The minimum absolute atomic E-state index is 0.142. The highest BCUT2D eigenvalue weighted by atomic mass is 32.1. The number of carbonyl (C=O) groups excluding carboxylic acids is 1. The SMILES string of the molecule is O=C(OCc1nc2scc(-c3ccccc3)c2c(=O)[nH]1)c1ccc2ccccc2n1. The molecule has 7 heteroatoms. The maximum Gasteiger partial charge on any atom is 0.357 e. The molecule has 5 rings (SSSR count). The molecule has 3 heterocycles. The summed E-state index contributed by atoms with van der Waals surface area (Å²) in [6.45, 7) is -0.142. The van der Waals surface area contributed by atoms with Crippen molar-refractivity contribution >= 4 is 38.4 Å². The zero-order chi connectivity index (χ0) is 20.5. The van der Waals surface area contributed by atoms with Gasteiger partial charge in [-0.25, -0.2) is 14.8 Å². The van der Waals surface area contributed by atoms with Crippen molar-refractivity contribution in [1.82, 2.24) is 15.0 Å². The quantitative estimate of drug-likeness (QED) is 0.437. The molecule has 0 spiro atoms. The van der Waals surface area contributed by atoms with Gasteiger partial charge in [0.15, 0.2) is 0 Å². The number of hydrogen-bond donors (Lipinski definition) is 1. The summed E-state index contributed by atoms with van der Waals surface area (Å²) in [7, 11) is 0. The fourth-order valence-corrected chi connectivity index (χ4v) is 4.25. The number of H-pyrrole nitrogens is 1. The second kappa shape index (κ2) is 7.53. The Labute approximate surface area is 174 Å². The molecule has 146 valence electrons. The van der Waals surface area contributed by atoms with Crippen LogP contribution in [-0.4, -0.2) is 20.9 Å². The number of hydrogen-bond acceptors (Lipinski definition) is 6. The molecule has 1 N–H and O–H groups in total. The number of thiophene rings is 1. The lowest BCUT2D eigenvalue weighted by molar-refractivity contribution is 0.0456. The zero-order valence-electron chi connectivity index (χ0n) is 15.7. The van der Waals surface area contributed by atoms with E-state index in [0.717, 1.165) is 16.5 Å². The van der Waals surface area contributed by atoms with Crippen LogP contribution in [-0.2, 0) is 11.3 Å². The third kappa shape index (κ3) is 3.35. The van der Waals surface area contributed by atoms with Gasteiger partial charge < -0.3 is 9.72 Å². The van der Waals surface area contributed by atoms with Crippen LogP contribution in [0.5, 0.6) is 0 Å². The van der Waals surface area contributed by atoms with Gasteiger partial charge in [0, 0.05) is 16.3 Å². The molecule has 0 atom stereocenters. The number of esters is 1. The van der Waals surface area contributed by atoms with Crippen molar-refractivity contribution in [2.45, 2.75) is 6.61 Å². The van der Waals surface area contributed by atoms with Crippen molar-refractivity contribution in [1.29, 1.82) is 0 Å². The van der Waals surface area contributed by atoms with E-state index in [2.05, 4.69) is 15.0 Å². The number of nitrogens with one attached hydrogen (secondary N) is 1. The van der Waals surface area contributed by atoms with E-state index >= 15 is 0 Å². The molecule has 5 aromatic rings. The molecule has 0 amide bonds. The summed E-state index contributed by atoms with van der Waals surface area (Å²) >= 11 is 1.39. The maximum atomic E-state index is 12.7. The van der Waals surface area contributed by atoms with Crippen LogP contribution in [0.3, 0.4) is 0 Å². The molecule has 0 unspecified atom stereocenters. The first kappa shape index (κ1) is 18.2. The van der Waals surface area contributed by atoms with Crippen LogP contribution in [0.1, 0.15) is 16.3 Å². The highest BCUT2D eigenvalue weighted by molar-refractivity contribution is 7.17. The molecule has 0 saturated heterocycles. The molecular weight excluding hydrogens is 398 g/mol. The van der Waals surface area contributed by atoms with Gasteiger partial charge in [-0.15, -0.1) is 11.3 Å². The first-order valence-corrected chi connectivity index (χ1v) is 10.2. The van der Waals surface area contributed by atoms with E-state index in [4.69, 9.17) is 4.74 Å². The predicted molar refractivity (Wildman–Crippen MR) is 117 cm³/mol.